The molecule has 0 saturated heterocycles. The SMILES string of the molecule is O=C(Nc1cccc2cccnc12)/C(=C\SC(F)(F)F)c1ccc(-c2ccccc2)cc1. The van der Waals surface area contributed by atoms with Crippen LogP contribution in [-0.4, -0.2) is 16.4 Å². The van der Waals surface area contributed by atoms with Crippen molar-refractivity contribution in [1.82, 2.24) is 4.98 Å². The Morgan fingerprint density at radius 3 is 2.25 bits per heavy atom. The van der Waals surface area contributed by atoms with Gasteiger partial charge in [-0.2, -0.15) is 13.2 Å². The highest BCUT2D eigenvalue weighted by Gasteiger charge is 2.28. The molecule has 32 heavy (non-hydrogen) atoms. The number of rotatable bonds is 5. The molecule has 7 heteroatoms. The van der Waals surface area contributed by atoms with Gasteiger partial charge in [-0.25, -0.2) is 0 Å². The first-order valence-corrected chi connectivity index (χ1v) is 10.5. The molecular weight excluding hydrogens is 433 g/mol. The molecule has 0 spiro atoms. The fourth-order valence-corrected chi connectivity index (χ4v) is 3.74. The first kappa shape index (κ1) is 21.6. The Hall–Kier alpha value is -3.58. The molecule has 3 aromatic carbocycles. The van der Waals surface area contributed by atoms with Gasteiger partial charge in [0.05, 0.1) is 16.8 Å². The lowest BCUT2D eigenvalue weighted by Gasteiger charge is -2.12. The Morgan fingerprint density at radius 2 is 1.53 bits per heavy atom. The third-order valence-corrected chi connectivity index (χ3v) is 5.36. The molecule has 0 fully saturated rings. The van der Waals surface area contributed by atoms with E-state index in [9.17, 15) is 18.0 Å². The third-order valence-electron chi connectivity index (χ3n) is 4.74. The van der Waals surface area contributed by atoms with Crippen LogP contribution in [0.1, 0.15) is 5.56 Å². The molecule has 0 bridgehead atoms. The Balaban J connectivity index is 1.67. The first-order chi connectivity index (χ1) is 15.4. The van der Waals surface area contributed by atoms with E-state index < -0.39 is 11.4 Å². The van der Waals surface area contributed by atoms with Gasteiger partial charge < -0.3 is 5.32 Å². The molecule has 0 saturated carbocycles. The highest BCUT2D eigenvalue weighted by Crippen LogP contribution is 2.35. The number of carbonyl (C=O) groups is 1. The summed E-state index contributed by atoms with van der Waals surface area (Å²) in [7, 11) is 0. The van der Waals surface area contributed by atoms with Crippen LogP contribution in [0.25, 0.3) is 27.6 Å². The summed E-state index contributed by atoms with van der Waals surface area (Å²) < 4.78 is 38.7. The summed E-state index contributed by atoms with van der Waals surface area (Å²) in [5.41, 5.74) is -1.35. The molecule has 0 aliphatic carbocycles. The van der Waals surface area contributed by atoms with Gasteiger partial charge in [-0.3, -0.25) is 9.78 Å². The standard InChI is InChI=1S/C25H17F3N2OS/c26-25(27,28)32-16-21(19-13-11-18(12-14-19)17-6-2-1-3-7-17)24(31)30-22-10-4-8-20-9-5-15-29-23(20)22/h1-16H,(H,30,31)/b21-16-. The Kier molecular flexibility index (Phi) is 6.28. The van der Waals surface area contributed by atoms with E-state index in [0.29, 0.717) is 16.8 Å². The topological polar surface area (TPSA) is 42.0 Å². The molecule has 1 amide bonds. The van der Waals surface area contributed by atoms with Crippen molar-refractivity contribution in [3.63, 3.8) is 0 Å². The molecule has 1 N–H and O–H groups in total. The van der Waals surface area contributed by atoms with Gasteiger partial charge in [-0.05, 0) is 46.0 Å². The van der Waals surface area contributed by atoms with E-state index in [-0.39, 0.29) is 17.3 Å². The number of amides is 1. The normalized spacial score (nSPS) is 12.0. The van der Waals surface area contributed by atoms with Crippen LogP contribution >= 0.6 is 11.8 Å². The minimum atomic E-state index is -4.50. The second-order valence-electron chi connectivity index (χ2n) is 6.87. The Morgan fingerprint density at radius 1 is 0.844 bits per heavy atom. The van der Waals surface area contributed by atoms with Crippen LogP contribution in [-0.2, 0) is 4.79 Å². The summed E-state index contributed by atoms with van der Waals surface area (Å²) in [6.45, 7) is 0. The van der Waals surface area contributed by atoms with Crippen molar-refractivity contribution in [3.8, 4) is 11.1 Å². The number of para-hydroxylation sites is 1. The maximum atomic E-state index is 13.0. The van der Waals surface area contributed by atoms with Crippen molar-refractivity contribution in [2.24, 2.45) is 0 Å². The number of pyridine rings is 1. The maximum Gasteiger partial charge on any atom is 0.445 e. The number of nitrogens with one attached hydrogen (secondary N) is 1. The van der Waals surface area contributed by atoms with Gasteiger partial charge in [-0.15, -0.1) is 0 Å². The Bertz CT molecular complexity index is 1260. The van der Waals surface area contributed by atoms with Gasteiger partial charge in [0, 0.05) is 11.6 Å². The average molecular weight is 450 g/mol. The fourth-order valence-electron chi connectivity index (χ4n) is 3.25. The highest BCUT2D eigenvalue weighted by molar-refractivity contribution is 8.03. The van der Waals surface area contributed by atoms with E-state index in [1.807, 2.05) is 42.5 Å². The molecule has 0 radical (unpaired) electrons. The van der Waals surface area contributed by atoms with E-state index in [1.54, 1.807) is 48.7 Å². The van der Waals surface area contributed by atoms with Crippen molar-refractivity contribution in [1.29, 1.82) is 0 Å². The van der Waals surface area contributed by atoms with Crippen LogP contribution in [0.2, 0.25) is 0 Å². The number of anilines is 1. The number of carbonyl (C=O) groups excluding carboxylic acids is 1. The van der Waals surface area contributed by atoms with Crippen molar-refractivity contribution in [2.45, 2.75) is 5.51 Å². The minimum Gasteiger partial charge on any atom is -0.320 e. The molecule has 1 heterocycles. The molecule has 3 nitrogen and oxygen atoms in total. The molecule has 4 aromatic rings. The minimum absolute atomic E-state index is 0.0835. The van der Waals surface area contributed by atoms with E-state index in [4.69, 9.17) is 0 Å². The number of hydrogen-bond acceptors (Lipinski definition) is 3. The van der Waals surface area contributed by atoms with Crippen LogP contribution in [0.4, 0.5) is 18.9 Å². The molecule has 1 aromatic heterocycles. The van der Waals surface area contributed by atoms with Gasteiger partial charge in [0.15, 0.2) is 0 Å². The summed E-state index contributed by atoms with van der Waals surface area (Å²) in [6, 6.07) is 25.3. The predicted molar refractivity (Wildman–Crippen MR) is 124 cm³/mol. The van der Waals surface area contributed by atoms with Crippen LogP contribution < -0.4 is 5.32 Å². The van der Waals surface area contributed by atoms with Crippen LogP contribution in [0.15, 0.2) is 96.5 Å². The number of halogens is 3. The lowest BCUT2D eigenvalue weighted by atomic mass is 10.0. The smallest absolute Gasteiger partial charge is 0.320 e. The fraction of sp³-hybridized carbons (Fsp3) is 0.0400. The second-order valence-corrected chi connectivity index (χ2v) is 7.81. The quantitative estimate of drug-likeness (QED) is 0.329. The summed E-state index contributed by atoms with van der Waals surface area (Å²) in [4.78, 5) is 17.3. The summed E-state index contributed by atoms with van der Waals surface area (Å²) in [5, 5.41) is 4.37. The van der Waals surface area contributed by atoms with Gasteiger partial charge in [-0.1, -0.05) is 72.8 Å². The average Bonchev–Trinajstić information content (AvgIpc) is 2.80. The van der Waals surface area contributed by atoms with Crippen LogP contribution in [0.5, 0.6) is 0 Å². The molecule has 0 atom stereocenters. The number of alkyl halides is 3. The number of nitrogens with zero attached hydrogens (tertiary/aromatic N) is 1. The van der Waals surface area contributed by atoms with Gasteiger partial charge >= 0.3 is 5.51 Å². The van der Waals surface area contributed by atoms with E-state index in [0.717, 1.165) is 21.9 Å². The van der Waals surface area contributed by atoms with Crippen LogP contribution in [0, 0.1) is 0 Å². The van der Waals surface area contributed by atoms with Crippen molar-refractivity contribution >= 4 is 39.8 Å². The van der Waals surface area contributed by atoms with Crippen LogP contribution in [0.3, 0.4) is 0 Å². The zero-order chi connectivity index (χ0) is 22.6. The number of thioether (sulfide) groups is 1. The maximum absolute atomic E-state index is 13.0. The lowest BCUT2D eigenvalue weighted by Crippen LogP contribution is -2.14. The predicted octanol–water partition coefficient (Wildman–Crippen LogP) is 7.13. The summed E-state index contributed by atoms with van der Waals surface area (Å²) in [5.74, 6) is -0.646. The molecule has 4 rings (SSSR count). The number of benzene rings is 3. The first-order valence-electron chi connectivity index (χ1n) is 9.66. The molecule has 0 aliphatic rings. The second kappa shape index (κ2) is 9.28. The van der Waals surface area contributed by atoms with Crippen molar-refractivity contribution in [2.75, 3.05) is 5.32 Å². The molecule has 0 aliphatic heterocycles. The number of hydrogen-bond donors (Lipinski definition) is 1. The molecule has 160 valence electrons. The highest BCUT2D eigenvalue weighted by atomic mass is 32.2. The zero-order valence-corrected chi connectivity index (χ0v) is 17.5. The summed E-state index contributed by atoms with van der Waals surface area (Å²) in [6.07, 6.45) is 1.59. The zero-order valence-electron chi connectivity index (χ0n) is 16.6. The number of aromatic nitrogens is 1. The van der Waals surface area contributed by atoms with Gasteiger partial charge in [0.2, 0.25) is 0 Å². The van der Waals surface area contributed by atoms with Gasteiger partial charge in [0.1, 0.15) is 0 Å². The van der Waals surface area contributed by atoms with E-state index >= 15 is 0 Å². The van der Waals surface area contributed by atoms with Crippen molar-refractivity contribution in [3.05, 3.63) is 102 Å². The third kappa shape index (κ3) is 5.18. The molecular formula is C25H17F3N2OS. The van der Waals surface area contributed by atoms with E-state index in [1.165, 1.54) is 0 Å². The largest absolute Gasteiger partial charge is 0.445 e. The lowest BCUT2D eigenvalue weighted by molar-refractivity contribution is -0.111. The number of fused-ring (bicyclic) bond motifs is 1. The van der Waals surface area contributed by atoms with Gasteiger partial charge in [0.25, 0.3) is 5.91 Å². The summed E-state index contributed by atoms with van der Waals surface area (Å²) >= 11 is -0.359. The van der Waals surface area contributed by atoms with Crippen molar-refractivity contribution < 1.29 is 18.0 Å². The monoisotopic (exact) mass is 450 g/mol. The molecule has 0 unspecified atom stereocenters. The Labute approximate surface area is 187 Å². The van der Waals surface area contributed by atoms with E-state index in [2.05, 4.69) is 10.3 Å².